The molecule has 5 aromatic carbocycles. The number of carbonyl (C=O) groups excluding carboxylic acids is 2. The summed E-state index contributed by atoms with van der Waals surface area (Å²) in [6.07, 6.45) is 1.82. The Morgan fingerprint density at radius 2 is 1.02 bits per heavy atom. The molecule has 1 aliphatic rings. The fourth-order valence-electron chi connectivity index (χ4n) is 5.90. The minimum Gasteiger partial charge on any atom is -1.00 e. The van der Waals surface area contributed by atoms with Crippen molar-refractivity contribution in [3.05, 3.63) is 162 Å². The molecule has 220 valence electrons. The maximum Gasteiger partial charge on any atom is 0.229 e. The molecule has 0 aromatic heterocycles. The molecule has 0 saturated heterocycles. The minimum atomic E-state index is -1.92. The molecular formula is C38H32BrO4P. The van der Waals surface area contributed by atoms with E-state index in [1.807, 2.05) is 24.3 Å². The van der Waals surface area contributed by atoms with E-state index in [0.29, 0.717) is 29.0 Å². The molecule has 0 amide bonds. The van der Waals surface area contributed by atoms with Crippen molar-refractivity contribution in [3.8, 4) is 5.75 Å². The highest BCUT2D eigenvalue weighted by Crippen LogP contribution is 2.55. The quantitative estimate of drug-likeness (QED) is 0.168. The Kier molecular flexibility index (Phi) is 9.89. The van der Waals surface area contributed by atoms with Gasteiger partial charge < -0.3 is 26.5 Å². The normalized spacial score (nSPS) is 12.8. The van der Waals surface area contributed by atoms with Crippen LogP contribution in [0.4, 0.5) is 0 Å². The standard InChI is InChI=1S/C38H32O4P.BrH/c1-41-38-35(36(39)33-20-11-12-21-34(33)37(38)40)28-22-24-29(25-23-28)42-26-13-27-43(30-14-5-2-6-15-30,31-16-7-3-8-17-31)32-18-9-4-10-19-32;/h2-12,14-25H,13,26-27H2,1H3;1H/q+1;/p-1. The first-order valence-corrected chi connectivity index (χ1v) is 16.4. The Balaban J connectivity index is 0.00000384. The van der Waals surface area contributed by atoms with Crippen molar-refractivity contribution in [1.82, 2.24) is 0 Å². The zero-order chi connectivity index (χ0) is 29.6. The summed E-state index contributed by atoms with van der Waals surface area (Å²) in [5, 5.41) is 4.06. The van der Waals surface area contributed by atoms with Crippen LogP contribution in [0, 0.1) is 0 Å². The Bertz CT molecular complexity index is 1670. The van der Waals surface area contributed by atoms with Crippen LogP contribution in [0.15, 0.2) is 145 Å². The van der Waals surface area contributed by atoms with E-state index < -0.39 is 7.26 Å². The SMILES string of the molecule is COC1=C(c2ccc(OCCC[P+](c3ccccc3)(c3ccccc3)c3ccccc3)cc2)C(=O)c2ccccc2C1=O.[Br-]. The topological polar surface area (TPSA) is 52.6 Å². The van der Waals surface area contributed by atoms with Gasteiger partial charge in [0.2, 0.25) is 5.78 Å². The van der Waals surface area contributed by atoms with Crippen LogP contribution in [-0.4, -0.2) is 31.4 Å². The number of hydrogen-bond acceptors (Lipinski definition) is 4. The molecule has 0 fully saturated rings. The van der Waals surface area contributed by atoms with Crippen LogP contribution in [0.3, 0.4) is 0 Å². The van der Waals surface area contributed by atoms with Crippen LogP contribution in [0.25, 0.3) is 5.57 Å². The fraction of sp³-hybridized carbons (Fsp3) is 0.105. The summed E-state index contributed by atoms with van der Waals surface area (Å²) in [6, 6.07) is 46.7. The average molecular weight is 664 g/mol. The smallest absolute Gasteiger partial charge is 0.229 e. The van der Waals surface area contributed by atoms with Gasteiger partial charge in [0, 0.05) is 17.5 Å². The van der Waals surface area contributed by atoms with Gasteiger partial charge in [-0.15, -0.1) is 0 Å². The first-order valence-electron chi connectivity index (χ1n) is 14.4. The zero-order valence-corrected chi connectivity index (χ0v) is 26.8. The van der Waals surface area contributed by atoms with E-state index in [-0.39, 0.29) is 39.9 Å². The van der Waals surface area contributed by atoms with E-state index in [9.17, 15) is 9.59 Å². The molecule has 6 rings (SSSR count). The third-order valence-corrected chi connectivity index (χ3v) is 12.4. The lowest BCUT2D eigenvalue weighted by Gasteiger charge is -2.27. The van der Waals surface area contributed by atoms with Gasteiger partial charge in [-0.1, -0.05) is 91.0 Å². The average Bonchev–Trinajstić information content (AvgIpc) is 3.08. The summed E-state index contributed by atoms with van der Waals surface area (Å²) in [6.45, 7) is 0.546. The number of carbonyl (C=O) groups is 2. The highest BCUT2D eigenvalue weighted by molar-refractivity contribution is 7.95. The number of ether oxygens (including phenoxy) is 2. The summed E-state index contributed by atoms with van der Waals surface area (Å²) in [5.74, 6) is 0.278. The predicted molar refractivity (Wildman–Crippen MR) is 176 cm³/mol. The number of allylic oxidation sites excluding steroid dienone is 2. The van der Waals surface area contributed by atoms with Crippen molar-refractivity contribution in [3.63, 3.8) is 0 Å². The van der Waals surface area contributed by atoms with E-state index in [4.69, 9.17) is 9.47 Å². The van der Waals surface area contributed by atoms with Crippen molar-refractivity contribution in [2.45, 2.75) is 6.42 Å². The number of methoxy groups -OCH3 is 1. The fourth-order valence-corrected chi connectivity index (χ4v) is 10.2. The number of rotatable bonds is 10. The van der Waals surface area contributed by atoms with Crippen molar-refractivity contribution in [2.24, 2.45) is 0 Å². The van der Waals surface area contributed by atoms with Crippen LogP contribution >= 0.6 is 7.26 Å². The van der Waals surface area contributed by atoms with Crippen molar-refractivity contribution in [2.75, 3.05) is 19.9 Å². The van der Waals surface area contributed by atoms with Gasteiger partial charge in [-0.2, -0.15) is 0 Å². The lowest BCUT2D eigenvalue weighted by molar-refractivity contribution is -0.0000226. The maximum atomic E-state index is 13.4. The van der Waals surface area contributed by atoms with Gasteiger partial charge in [0.25, 0.3) is 0 Å². The molecule has 4 nitrogen and oxygen atoms in total. The molecule has 0 bridgehead atoms. The van der Waals surface area contributed by atoms with E-state index in [0.717, 1.165) is 12.6 Å². The van der Waals surface area contributed by atoms with Gasteiger partial charge in [-0.05, 0) is 54.1 Å². The van der Waals surface area contributed by atoms with E-state index in [1.54, 1.807) is 24.3 Å². The minimum absolute atomic E-state index is 0. The summed E-state index contributed by atoms with van der Waals surface area (Å²) >= 11 is 0. The molecule has 6 heteroatoms. The molecule has 0 N–H and O–H groups in total. The summed E-state index contributed by atoms with van der Waals surface area (Å²) < 4.78 is 11.7. The molecule has 0 radical (unpaired) electrons. The van der Waals surface area contributed by atoms with E-state index >= 15 is 0 Å². The Labute approximate surface area is 269 Å². The lowest BCUT2D eigenvalue weighted by Crippen LogP contribution is -3.00. The van der Waals surface area contributed by atoms with Gasteiger partial charge >= 0.3 is 0 Å². The molecule has 0 atom stereocenters. The van der Waals surface area contributed by atoms with Gasteiger partial charge in [0.15, 0.2) is 11.5 Å². The van der Waals surface area contributed by atoms with Crippen molar-refractivity contribution < 1.29 is 36.0 Å². The number of fused-ring (bicyclic) bond motifs is 1. The van der Waals surface area contributed by atoms with Gasteiger partial charge in [-0.25, -0.2) is 0 Å². The Hall–Kier alpha value is -4.31. The van der Waals surface area contributed by atoms with Crippen LogP contribution in [0.1, 0.15) is 32.7 Å². The van der Waals surface area contributed by atoms with Gasteiger partial charge in [-0.3, -0.25) is 9.59 Å². The predicted octanol–water partition coefficient (Wildman–Crippen LogP) is 3.89. The third-order valence-electron chi connectivity index (χ3n) is 7.92. The number of Topliss-reactive ketones (excluding diaryl/α,β-unsaturated/α-hetero) is 2. The largest absolute Gasteiger partial charge is 1.00 e. The molecule has 5 aromatic rings. The molecule has 0 saturated carbocycles. The van der Waals surface area contributed by atoms with E-state index in [2.05, 4.69) is 91.0 Å². The van der Waals surface area contributed by atoms with E-state index in [1.165, 1.54) is 23.0 Å². The molecular weight excluding hydrogens is 631 g/mol. The number of ketones is 2. The van der Waals surface area contributed by atoms with Crippen molar-refractivity contribution >= 4 is 40.3 Å². The lowest BCUT2D eigenvalue weighted by atomic mass is 9.85. The molecule has 0 aliphatic heterocycles. The van der Waals surface area contributed by atoms with Crippen LogP contribution in [0.5, 0.6) is 5.75 Å². The van der Waals surface area contributed by atoms with Crippen LogP contribution in [0.2, 0.25) is 0 Å². The molecule has 0 unspecified atom stereocenters. The highest BCUT2D eigenvalue weighted by atomic mass is 79.9. The first kappa shape index (κ1) is 31.1. The summed E-state index contributed by atoms with van der Waals surface area (Å²) in [7, 11) is -0.495. The molecule has 0 heterocycles. The molecule has 44 heavy (non-hydrogen) atoms. The van der Waals surface area contributed by atoms with Gasteiger partial charge in [0.05, 0.1) is 25.5 Å². The number of halogens is 1. The second-order valence-corrected chi connectivity index (χ2v) is 14.0. The Morgan fingerprint density at radius 3 is 1.50 bits per heavy atom. The summed E-state index contributed by atoms with van der Waals surface area (Å²) in [4.78, 5) is 26.4. The van der Waals surface area contributed by atoms with Crippen molar-refractivity contribution in [1.29, 1.82) is 0 Å². The number of hydrogen-bond donors (Lipinski definition) is 0. The number of benzene rings is 5. The third kappa shape index (κ3) is 5.91. The van der Waals surface area contributed by atoms with Gasteiger partial charge in [0.1, 0.15) is 28.9 Å². The molecule has 1 aliphatic carbocycles. The molecule has 0 spiro atoms. The first-order chi connectivity index (χ1) is 21.1. The highest BCUT2D eigenvalue weighted by Gasteiger charge is 2.44. The monoisotopic (exact) mass is 662 g/mol. The Morgan fingerprint density at radius 1 is 0.568 bits per heavy atom. The maximum absolute atomic E-state index is 13.4. The zero-order valence-electron chi connectivity index (χ0n) is 24.4. The van der Waals surface area contributed by atoms with Crippen LogP contribution in [-0.2, 0) is 4.74 Å². The second-order valence-electron chi connectivity index (χ2n) is 10.4. The summed E-state index contributed by atoms with van der Waals surface area (Å²) in [5.41, 5.74) is 1.67. The van der Waals surface area contributed by atoms with Crippen LogP contribution < -0.4 is 37.6 Å². The second kappa shape index (κ2) is 14.0.